The highest BCUT2D eigenvalue weighted by molar-refractivity contribution is 5.87. The SMILES string of the molecule is N#Cc1ccc(C2C[C@@H](COc3ccc(C(=O)O)cc3)N[C@H]2C(F)(F)F)cc1C(F)(F)F. The Morgan fingerprint density at radius 1 is 1.12 bits per heavy atom. The van der Waals surface area contributed by atoms with Crippen LogP contribution in [0.15, 0.2) is 42.5 Å². The van der Waals surface area contributed by atoms with Gasteiger partial charge >= 0.3 is 18.3 Å². The van der Waals surface area contributed by atoms with Gasteiger partial charge in [-0.25, -0.2) is 4.79 Å². The number of rotatable bonds is 5. The molecule has 11 heteroatoms. The van der Waals surface area contributed by atoms with E-state index < -0.39 is 47.5 Å². The molecule has 1 heterocycles. The van der Waals surface area contributed by atoms with Gasteiger partial charge in [-0.3, -0.25) is 5.32 Å². The smallest absolute Gasteiger partial charge is 0.417 e. The van der Waals surface area contributed by atoms with Crippen LogP contribution in [0.25, 0.3) is 0 Å². The first-order chi connectivity index (χ1) is 14.9. The van der Waals surface area contributed by atoms with Crippen LogP contribution in [-0.2, 0) is 6.18 Å². The molecule has 0 spiro atoms. The molecular weight excluding hydrogens is 442 g/mol. The fourth-order valence-corrected chi connectivity index (χ4v) is 3.66. The Morgan fingerprint density at radius 2 is 1.78 bits per heavy atom. The lowest BCUT2D eigenvalue weighted by Crippen LogP contribution is -2.44. The van der Waals surface area contributed by atoms with Crippen molar-refractivity contribution in [2.24, 2.45) is 0 Å². The molecule has 0 amide bonds. The Kier molecular flexibility index (Phi) is 6.37. The van der Waals surface area contributed by atoms with E-state index in [9.17, 15) is 31.1 Å². The van der Waals surface area contributed by atoms with E-state index in [2.05, 4.69) is 5.32 Å². The molecule has 3 rings (SSSR count). The van der Waals surface area contributed by atoms with Crippen LogP contribution in [0.4, 0.5) is 26.3 Å². The van der Waals surface area contributed by atoms with E-state index in [-0.39, 0.29) is 29.9 Å². The minimum Gasteiger partial charge on any atom is -0.492 e. The van der Waals surface area contributed by atoms with Gasteiger partial charge in [0.15, 0.2) is 0 Å². The number of hydrogen-bond acceptors (Lipinski definition) is 4. The molecule has 170 valence electrons. The number of carboxylic acid groups (broad SMARTS) is 1. The maximum absolute atomic E-state index is 13.6. The number of halogens is 6. The van der Waals surface area contributed by atoms with Crippen LogP contribution in [-0.4, -0.2) is 35.9 Å². The lowest BCUT2D eigenvalue weighted by Gasteiger charge is -2.23. The van der Waals surface area contributed by atoms with E-state index in [1.165, 1.54) is 30.3 Å². The zero-order valence-electron chi connectivity index (χ0n) is 16.2. The average molecular weight is 458 g/mol. The Bertz CT molecular complexity index is 1030. The molecule has 0 aliphatic carbocycles. The lowest BCUT2D eigenvalue weighted by molar-refractivity contribution is -0.156. The number of carboxylic acids is 1. The van der Waals surface area contributed by atoms with Gasteiger partial charge < -0.3 is 9.84 Å². The molecule has 3 atom stereocenters. The fourth-order valence-electron chi connectivity index (χ4n) is 3.66. The molecular formula is C21H16F6N2O3. The van der Waals surface area contributed by atoms with Crippen molar-refractivity contribution >= 4 is 5.97 Å². The van der Waals surface area contributed by atoms with Gasteiger partial charge in [-0.15, -0.1) is 0 Å². The summed E-state index contributed by atoms with van der Waals surface area (Å²) in [5.41, 5.74) is -2.12. The summed E-state index contributed by atoms with van der Waals surface area (Å²) in [6.07, 6.45) is -9.76. The number of ether oxygens (including phenoxy) is 1. The Hall–Kier alpha value is -3.26. The summed E-state index contributed by atoms with van der Waals surface area (Å²) in [5, 5.41) is 20.1. The van der Waals surface area contributed by atoms with E-state index in [1.807, 2.05) is 0 Å². The first-order valence-corrected chi connectivity index (χ1v) is 9.30. The molecule has 1 aliphatic rings. The molecule has 1 fully saturated rings. The number of hydrogen-bond donors (Lipinski definition) is 2. The second kappa shape index (κ2) is 8.70. The molecule has 2 N–H and O–H groups in total. The number of carbonyl (C=O) groups is 1. The standard InChI is InChI=1S/C21H16F6N2O3/c22-20(23,24)17-7-12(1-2-13(17)9-28)16-8-14(29-18(16)21(25,26)27)10-32-15-5-3-11(4-6-15)19(30)31/h1-7,14,16,18,29H,8,10H2,(H,30,31)/t14-,16?,18+/m0/s1. The second-order valence-electron chi connectivity index (χ2n) is 7.28. The van der Waals surface area contributed by atoms with Gasteiger partial charge in [0, 0.05) is 12.0 Å². The maximum Gasteiger partial charge on any atom is 0.417 e. The fraction of sp³-hybridized carbons (Fsp3) is 0.333. The molecule has 0 saturated carbocycles. The predicted octanol–water partition coefficient (Wildman–Crippen LogP) is 4.73. The molecule has 1 unspecified atom stereocenters. The number of nitriles is 1. The second-order valence-corrected chi connectivity index (χ2v) is 7.28. The largest absolute Gasteiger partial charge is 0.492 e. The van der Waals surface area contributed by atoms with E-state index in [0.29, 0.717) is 6.07 Å². The Morgan fingerprint density at radius 3 is 2.31 bits per heavy atom. The summed E-state index contributed by atoms with van der Waals surface area (Å²) in [6.45, 7) is -0.210. The van der Waals surface area contributed by atoms with Crippen molar-refractivity contribution < 1.29 is 41.0 Å². The van der Waals surface area contributed by atoms with E-state index >= 15 is 0 Å². The van der Waals surface area contributed by atoms with Crippen molar-refractivity contribution in [3.05, 3.63) is 64.7 Å². The minimum atomic E-state index is -4.88. The molecule has 1 saturated heterocycles. The highest BCUT2D eigenvalue weighted by atomic mass is 19.4. The number of nitrogens with zero attached hydrogens (tertiary/aromatic N) is 1. The van der Waals surface area contributed by atoms with Crippen LogP contribution in [0.2, 0.25) is 0 Å². The molecule has 0 radical (unpaired) electrons. The van der Waals surface area contributed by atoms with Crippen molar-refractivity contribution in [3.8, 4) is 11.8 Å². The van der Waals surface area contributed by atoms with Gasteiger partial charge in [-0.05, 0) is 48.4 Å². The van der Waals surface area contributed by atoms with Crippen molar-refractivity contribution in [3.63, 3.8) is 0 Å². The van der Waals surface area contributed by atoms with Crippen molar-refractivity contribution in [1.82, 2.24) is 5.32 Å². The number of aromatic carboxylic acids is 1. The third-order valence-corrected chi connectivity index (χ3v) is 5.16. The van der Waals surface area contributed by atoms with E-state index in [1.54, 1.807) is 0 Å². The highest BCUT2D eigenvalue weighted by Crippen LogP contribution is 2.42. The Balaban J connectivity index is 1.80. The molecule has 0 aromatic heterocycles. The van der Waals surface area contributed by atoms with Crippen LogP contribution < -0.4 is 10.1 Å². The summed E-state index contributed by atoms with van der Waals surface area (Å²) >= 11 is 0. The summed E-state index contributed by atoms with van der Waals surface area (Å²) in [4.78, 5) is 10.9. The predicted molar refractivity (Wildman–Crippen MR) is 99.2 cm³/mol. The number of benzene rings is 2. The van der Waals surface area contributed by atoms with E-state index in [4.69, 9.17) is 15.1 Å². The van der Waals surface area contributed by atoms with Crippen LogP contribution in [0.1, 0.15) is 39.4 Å². The van der Waals surface area contributed by atoms with Crippen LogP contribution >= 0.6 is 0 Å². The molecule has 32 heavy (non-hydrogen) atoms. The number of nitrogens with one attached hydrogen (secondary N) is 1. The summed E-state index contributed by atoms with van der Waals surface area (Å²) in [7, 11) is 0. The third-order valence-electron chi connectivity index (χ3n) is 5.16. The zero-order valence-corrected chi connectivity index (χ0v) is 16.2. The van der Waals surface area contributed by atoms with Crippen LogP contribution in [0, 0.1) is 11.3 Å². The topological polar surface area (TPSA) is 82.3 Å². The van der Waals surface area contributed by atoms with Gasteiger partial charge in [0.2, 0.25) is 0 Å². The van der Waals surface area contributed by atoms with Gasteiger partial charge in [0.25, 0.3) is 0 Å². The number of alkyl halides is 6. The average Bonchev–Trinajstić information content (AvgIpc) is 3.16. The Labute approximate surface area is 178 Å². The molecule has 1 aliphatic heterocycles. The van der Waals surface area contributed by atoms with Crippen molar-refractivity contribution in [2.45, 2.75) is 36.8 Å². The third kappa shape index (κ3) is 5.13. The summed E-state index contributed by atoms with van der Waals surface area (Å²) in [5.74, 6) is -2.22. The quantitative estimate of drug-likeness (QED) is 0.634. The first-order valence-electron chi connectivity index (χ1n) is 9.30. The molecule has 5 nitrogen and oxygen atoms in total. The van der Waals surface area contributed by atoms with Crippen molar-refractivity contribution in [1.29, 1.82) is 5.26 Å². The van der Waals surface area contributed by atoms with Crippen LogP contribution in [0.5, 0.6) is 5.75 Å². The van der Waals surface area contributed by atoms with Gasteiger partial charge in [-0.1, -0.05) is 6.07 Å². The highest BCUT2D eigenvalue weighted by Gasteiger charge is 2.51. The van der Waals surface area contributed by atoms with Gasteiger partial charge in [-0.2, -0.15) is 31.6 Å². The van der Waals surface area contributed by atoms with Gasteiger partial charge in [0.1, 0.15) is 18.4 Å². The maximum atomic E-state index is 13.6. The van der Waals surface area contributed by atoms with Gasteiger partial charge in [0.05, 0.1) is 22.8 Å². The normalized spacial score (nSPS) is 21.2. The van der Waals surface area contributed by atoms with E-state index in [0.717, 1.165) is 12.1 Å². The minimum absolute atomic E-state index is 0.00910. The van der Waals surface area contributed by atoms with Crippen molar-refractivity contribution in [2.75, 3.05) is 6.61 Å². The zero-order chi connectivity index (χ0) is 23.7. The lowest BCUT2D eigenvalue weighted by atomic mass is 9.88. The molecule has 2 aromatic rings. The first kappa shape index (κ1) is 23.4. The van der Waals surface area contributed by atoms with Crippen LogP contribution in [0.3, 0.4) is 0 Å². The molecule has 0 bridgehead atoms. The summed E-state index contributed by atoms with van der Waals surface area (Å²) < 4.78 is 86.0. The molecule has 2 aromatic carbocycles. The summed E-state index contributed by atoms with van der Waals surface area (Å²) in [6, 6.07) is 6.31. The monoisotopic (exact) mass is 458 g/mol.